The lowest BCUT2D eigenvalue weighted by Crippen LogP contribution is -2.45. The van der Waals surface area contributed by atoms with E-state index in [1.165, 1.54) is 31.4 Å². The standard InChI is InChI=1S/C26H28N2O6S/c1-4-34-26(30)20-10-12-21(13-11-20)27-25(29)23(17-19-8-6-5-7-9-19)28-35(31,32)22-14-15-24(33-3)18(2)16-22/h5-16,23,28H,4,17H2,1-3H3,(H,27,29)/t23-/m1/s1. The van der Waals surface area contributed by atoms with Gasteiger partial charge in [-0.2, -0.15) is 4.72 Å². The van der Waals surface area contributed by atoms with Crippen molar-refractivity contribution in [1.29, 1.82) is 0 Å². The number of anilines is 1. The van der Waals surface area contributed by atoms with Crippen molar-refractivity contribution in [3.05, 3.63) is 89.5 Å². The first-order chi connectivity index (χ1) is 16.7. The normalized spacial score (nSPS) is 12.0. The maximum atomic E-state index is 13.2. The van der Waals surface area contributed by atoms with E-state index in [1.807, 2.05) is 30.3 Å². The second-order valence-electron chi connectivity index (χ2n) is 7.78. The van der Waals surface area contributed by atoms with Gasteiger partial charge in [0.15, 0.2) is 0 Å². The summed E-state index contributed by atoms with van der Waals surface area (Å²) < 4.78 is 39.0. The van der Waals surface area contributed by atoms with E-state index in [0.29, 0.717) is 22.6 Å². The van der Waals surface area contributed by atoms with Crippen LogP contribution >= 0.6 is 0 Å². The minimum atomic E-state index is -4.02. The zero-order valence-electron chi connectivity index (χ0n) is 19.8. The summed E-state index contributed by atoms with van der Waals surface area (Å²) in [7, 11) is -2.51. The van der Waals surface area contributed by atoms with Crippen molar-refractivity contribution in [2.45, 2.75) is 31.2 Å². The molecule has 35 heavy (non-hydrogen) atoms. The molecule has 0 aliphatic heterocycles. The number of ether oxygens (including phenoxy) is 2. The van der Waals surface area contributed by atoms with Crippen LogP contribution in [0.25, 0.3) is 0 Å². The predicted molar refractivity (Wildman–Crippen MR) is 133 cm³/mol. The highest BCUT2D eigenvalue weighted by atomic mass is 32.2. The van der Waals surface area contributed by atoms with E-state index in [0.717, 1.165) is 5.56 Å². The fourth-order valence-electron chi connectivity index (χ4n) is 3.44. The summed E-state index contributed by atoms with van der Waals surface area (Å²) in [5.74, 6) is -0.435. The Morgan fingerprint density at radius 3 is 2.26 bits per heavy atom. The Morgan fingerprint density at radius 2 is 1.66 bits per heavy atom. The second-order valence-corrected chi connectivity index (χ2v) is 9.50. The number of carbonyl (C=O) groups excluding carboxylic acids is 2. The third kappa shape index (κ3) is 6.91. The number of carbonyl (C=O) groups is 2. The molecule has 9 heteroatoms. The van der Waals surface area contributed by atoms with E-state index in [9.17, 15) is 18.0 Å². The minimum Gasteiger partial charge on any atom is -0.496 e. The molecule has 0 saturated carbocycles. The zero-order valence-corrected chi connectivity index (χ0v) is 20.6. The SMILES string of the molecule is CCOC(=O)c1ccc(NC(=O)[C@@H](Cc2ccccc2)NS(=O)(=O)c2ccc(OC)c(C)c2)cc1. The van der Waals surface area contributed by atoms with Crippen molar-refractivity contribution in [2.24, 2.45) is 0 Å². The van der Waals surface area contributed by atoms with Gasteiger partial charge in [0.2, 0.25) is 15.9 Å². The van der Waals surface area contributed by atoms with Gasteiger partial charge < -0.3 is 14.8 Å². The minimum absolute atomic E-state index is 0.0282. The maximum Gasteiger partial charge on any atom is 0.338 e. The Labute approximate surface area is 205 Å². The van der Waals surface area contributed by atoms with Crippen molar-refractivity contribution >= 4 is 27.6 Å². The highest BCUT2D eigenvalue weighted by molar-refractivity contribution is 7.89. The van der Waals surface area contributed by atoms with Gasteiger partial charge in [-0.15, -0.1) is 0 Å². The van der Waals surface area contributed by atoms with Gasteiger partial charge in [-0.1, -0.05) is 30.3 Å². The Bertz CT molecular complexity index is 1270. The quantitative estimate of drug-likeness (QED) is 0.414. The number of methoxy groups -OCH3 is 1. The molecule has 8 nitrogen and oxygen atoms in total. The maximum absolute atomic E-state index is 13.2. The topological polar surface area (TPSA) is 111 Å². The Kier molecular flexibility index (Phi) is 8.62. The van der Waals surface area contributed by atoms with E-state index in [-0.39, 0.29) is 17.9 Å². The van der Waals surface area contributed by atoms with Crippen LogP contribution < -0.4 is 14.8 Å². The van der Waals surface area contributed by atoms with Crippen LogP contribution in [0.1, 0.15) is 28.4 Å². The van der Waals surface area contributed by atoms with E-state index < -0.39 is 27.9 Å². The molecule has 0 aliphatic carbocycles. The largest absolute Gasteiger partial charge is 0.496 e. The number of sulfonamides is 1. The molecular weight excluding hydrogens is 468 g/mol. The average molecular weight is 497 g/mol. The zero-order chi connectivity index (χ0) is 25.4. The van der Waals surface area contributed by atoms with Crippen LogP contribution in [0.5, 0.6) is 5.75 Å². The molecule has 0 fully saturated rings. The number of hydrogen-bond donors (Lipinski definition) is 2. The van der Waals surface area contributed by atoms with E-state index >= 15 is 0 Å². The summed E-state index contributed by atoms with van der Waals surface area (Å²) in [5.41, 5.74) is 2.21. The van der Waals surface area contributed by atoms with Crippen molar-refractivity contribution in [3.63, 3.8) is 0 Å². The number of hydrogen-bond acceptors (Lipinski definition) is 6. The van der Waals surface area contributed by atoms with Gasteiger partial charge in [0.1, 0.15) is 11.8 Å². The van der Waals surface area contributed by atoms with Crippen LogP contribution in [-0.4, -0.2) is 40.1 Å². The number of amides is 1. The first kappa shape index (κ1) is 25.9. The summed E-state index contributed by atoms with van der Waals surface area (Å²) in [6.45, 7) is 3.71. The van der Waals surface area contributed by atoms with Crippen LogP contribution in [0.3, 0.4) is 0 Å². The smallest absolute Gasteiger partial charge is 0.338 e. The van der Waals surface area contributed by atoms with Gasteiger partial charge >= 0.3 is 5.97 Å². The van der Waals surface area contributed by atoms with Crippen molar-refractivity contribution in [1.82, 2.24) is 4.72 Å². The summed E-state index contributed by atoms with van der Waals surface area (Å²) in [6.07, 6.45) is 0.141. The van der Waals surface area contributed by atoms with Gasteiger partial charge in [-0.25, -0.2) is 13.2 Å². The molecule has 3 aromatic rings. The Morgan fingerprint density at radius 1 is 0.971 bits per heavy atom. The van der Waals surface area contributed by atoms with E-state index in [2.05, 4.69) is 10.0 Å². The van der Waals surface area contributed by atoms with Gasteiger partial charge in [0, 0.05) is 5.69 Å². The first-order valence-electron chi connectivity index (χ1n) is 11.0. The summed E-state index contributed by atoms with van der Waals surface area (Å²) >= 11 is 0. The van der Waals surface area contributed by atoms with Gasteiger partial charge in [0.25, 0.3) is 0 Å². The molecule has 3 rings (SSSR count). The number of aryl methyl sites for hydroxylation is 1. The second kappa shape index (κ2) is 11.6. The van der Waals surface area contributed by atoms with E-state index in [4.69, 9.17) is 9.47 Å². The van der Waals surface area contributed by atoms with Crippen molar-refractivity contribution < 1.29 is 27.5 Å². The number of rotatable bonds is 10. The molecule has 0 bridgehead atoms. The number of esters is 1. The fraction of sp³-hybridized carbons (Fsp3) is 0.231. The van der Waals surface area contributed by atoms with Crippen LogP contribution in [0.15, 0.2) is 77.7 Å². The lowest BCUT2D eigenvalue weighted by atomic mass is 10.1. The highest BCUT2D eigenvalue weighted by Gasteiger charge is 2.27. The number of nitrogens with one attached hydrogen (secondary N) is 2. The molecule has 0 aromatic heterocycles. The van der Waals surface area contributed by atoms with Crippen LogP contribution in [-0.2, 0) is 26.0 Å². The molecule has 0 heterocycles. The molecule has 1 amide bonds. The van der Waals surface area contributed by atoms with Crippen LogP contribution in [0.4, 0.5) is 5.69 Å². The van der Waals surface area contributed by atoms with Gasteiger partial charge in [0.05, 0.1) is 24.2 Å². The van der Waals surface area contributed by atoms with Crippen molar-refractivity contribution in [2.75, 3.05) is 19.0 Å². The Balaban J connectivity index is 1.83. The average Bonchev–Trinajstić information content (AvgIpc) is 2.84. The van der Waals surface area contributed by atoms with Gasteiger partial charge in [-0.3, -0.25) is 4.79 Å². The number of benzene rings is 3. The molecule has 0 unspecified atom stereocenters. The molecule has 2 N–H and O–H groups in total. The first-order valence-corrected chi connectivity index (χ1v) is 12.5. The van der Waals surface area contributed by atoms with Crippen molar-refractivity contribution in [3.8, 4) is 5.75 Å². The lowest BCUT2D eigenvalue weighted by molar-refractivity contribution is -0.117. The molecule has 0 saturated heterocycles. The molecule has 0 aliphatic rings. The Hall–Kier alpha value is -3.69. The molecule has 0 spiro atoms. The monoisotopic (exact) mass is 496 g/mol. The summed E-state index contributed by atoms with van der Waals surface area (Å²) in [5, 5.41) is 2.73. The molecular formula is C26H28N2O6S. The predicted octanol–water partition coefficient (Wildman–Crippen LogP) is 3.71. The molecule has 3 aromatic carbocycles. The lowest BCUT2D eigenvalue weighted by Gasteiger charge is -2.19. The van der Waals surface area contributed by atoms with E-state index in [1.54, 1.807) is 32.0 Å². The molecule has 1 atom stereocenters. The molecule has 184 valence electrons. The fourth-order valence-corrected chi connectivity index (χ4v) is 4.72. The summed E-state index contributed by atoms with van der Waals surface area (Å²) in [4.78, 5) is 25.0. The van der Waals surface area contributed by atoms with Crippen LogP contribution in [0.2, 0.25) is 0 Å². The third-order valence-corrected chi connectivity index (χ3v) is 6.71. The van der Waals surface area contributed by atoms with Gasteiger partial charge in [-0.05, 0) is 73.9 Å². The summed E-state index contributed by atoms with van der Waals surface area (Å²) in [6, 6.07) is 18.7. The molecule has 0 radical (unpaired) electrons. The third-order valence-electron chi connectivity index (χ3n) is 5.24. The van der Waals surface area contributed by atoms with Crippen LogP contribution in [0, 0.1) is 6.92 Å². The highest BCUT2D eigenvalue weighted by Crippen LogP contribution is 2.22.